The van der Waals surface area contributed by atoms with Crippen molar-refractivity contribution in [3.05, 3.63) is 67.8 Å². The monoisotopic (exact) mass is 519 g/mol. The number of nitrogens with zero attached hydrogens (tertiary/aromatic N) is 2. The second kappa shape index (κ2) is 11.5. The van der Waals surface area contributed by atoms with Gasteiger partial charge in [0.05, 0.1) is 12.2 Å². The summed E-state index contributed by atoms with van der Waals surface area (Å²) in [7, 11) is 0. The molecule has 0 saturated carbocycles. The Morgan fingerprint density at radius 2 is 1.88 bits per heavy atom. The lowest BCUT2D eigenvalue weighted by molar-refractivity contribution is -0.126. The Morgan fingerprint density at radius 1 is 1.18 bits per heavy atom. The highest BCUT2D eigenvalue weighted by atomic mass is 35.5. The van der Waals surface area contributed by atoms with E-state index in [4.69, 9.17) is 23.1 Å². The number of carbonyl (C=O) groups excluding carboxylic acids is 3. The third-order valence-electron chi connectivity index (χ3n) is 5.09. The summed E-state index contributed by atoms with van der Waals surface area (Å²) in [5, 5.41) is 5.36. The van der Waals surface area contributed by atoms with Crippen LogP contribution in [0.5, 0.6) is 0 Å². The minimum atomic E-state index is -0.961. The highest BCUT2D eigenvalue weighted by Gasteiger charge is 2.35. The average Bonchev–Trinajstić information content (AvgIpc) is 3.43. The maximum Gasteiger partial charge on any atom is 0.270 e. The van der Waals surface area contributed by atoms with Crippen LogP contribution in [0.15, 0.2) is 41.8 Å². The lowest BCUT2D eigenvalue weighted by atomic mass is 10.0. The van der Waals surface area contributed by atoms with Crippen LogP contribution in [0, 0.1) is 5.92 Å². The lowest BCUT2D eigenvalue weighted by Crippen LogP contribution is -2.43. The predicted octanol–water partition coefficient (Wildman–Crippen LogP) is 4.09. The van der Waals surface area contributed by atoms with E-state index in [0.717, 1.165) is 22.8 Å². The minimum absolute atomic E-state index is 0.0549. The summed E-state index contributed by atoms with van der Waals surface area (Å²) in [6, 6.07) is 9.57. The van der Waals surface area contributed by atoms with Crippen LogP contribution >= 0.6 is 34.5 Å². The molecular weight excluding hydrogens is 494 g/mol. The van der Waals surface area contributed by atoms with Crippen LogP contribution in [0.3, 0.4) is 0 Å². The molecule has 0 aliphatic carbocycles. The first-order chi connectivity index (χ1) is 16.2. The van der Waals surface area contributed by atoms with Gasteiger partial charge in [-0.1, -0.05) is 43.6 Å². The van der Waals surface area contributed by atoms with Crippen molar-refractivity contribution < 1.29 is 14.4 Å². The summed E-state index contributed by atoms with van der Waals surface area (Å²) in [5.41, 5.74) is 11.7. The molecule has 2 heterocycles. The number of primary amides is 1. The Labute approximate surface area is 211 Å². The molecule has 0 spiro atoms. The Morgan fingerprint density at radius 3 is 2.44 bits per heavy atom. The largest absolute Gasteiger partial charge is 0.395 e. The first kappa shape index (κ1) is 25.7. The van der Waals surface area contributed by atoms with Gasteiger partial charge in [-0.2, -0.15) is 4.37 Å². The third-order valence-corrected chi connectivity index (χ3v) is 7.05. The first-order valence-electron chi connectivity index (χ1n) is 10.6. The Hall–Kier alpha value is -2.95. The van der Waals surface area contributed by atoms with E-state index in [1.165, 1.54) is 16.2 Å². The fraction of sp³-hybridized carbons (Fsp3) is 0.304. The van der Waals surface area contributed by atoms with Gasteiger partial charge in [0.25, 0.3) is 11.8 Å². The van der Waals surface area contributed by atoms with E-state index in [9.17, 15) is 14.4 Å². The van der Waals surface area contributed by atoms with Gasteiger partial charge in [0, 0.05) is 16.4 Å². The summed E-state index contributed by atoms with van der Waals surface area (Å²) in [4.78, 5) is 41.2. The molecule has 3 aromatic rings. The molecule has 3 rings (SSSR count). The standard InChI is InChI=1S/C23H26ClN5O3S2/c1-13(2)9-10-27-22(31)19(14-5-7-15(24)8-6-14)29(12-16-4-3-11-33-16)23(32)20-17(25)18(21(26)30)28-34-20/h3-8,11,13,19H,9-10,12,25H2,1-2H3,(H2,26,30)(H,27,31)/t19-/m1/s1. The molecule has 11 heteroatoms. The van der Waals surface area contributed by atoms with Gasteiger partial charge in [-0.25, -0.2) is 0 Å². The molecule has 0 unspecified atom stereocenters. The van der Waals surface area contributed by atoms with Crippen LogP contribution in [-0.2, 0) is 11.3 Å². The van der Waals surface area contributed by atoms with Crippen LogP contribution in [0.25, 0.3) is 0 Å². The van der Waals surface area contributed by atoms with Crippen LogP contribution in [0.2, 0.25) is 5.02 Å². The lowest BCUT2D eigenvalue weighted by Gasteiger charge is -2.31. The summed E-state index contributed by atoms with van der Waals surface area (Å²) in [6.07, 6.45) is 0.793. The molecule has 1 aromatic carbocycles. The number of anilines is 1. The van der Waals surface area contributed by atoms with Crippen molar-refractivity contribution in [1.29, 1.82) is 0 Å². The summed E-state index contributed by atoms with van der Waals surface area (Å²) < 4.78 is 3.95. The van der Waals surface area contributed by atoms with E-state index in [2.05, 4.69) is 23.5 Å². The number of hydrogen-bond acceptors (Lipinski definition) is 7. The number of nitrogen functional groups attached to an aromatic ring is 1. The topological polar surface area (TPSA) is 131 Å². The van der Waals surface area contributed by atoms with Crippen LogP contribution < -0.4 is 16.8 Å². The molecule has 0 fully saturated rings. The Kier molecular flexibility index (Phi) is 8.65. The van der Waals surface area contributed by atoms with Gasteiger partial charge < -0.3 is 21.7 Å². The number of aromatic nitrogens is 1. The van der Waals surface area contributed by atoms with Crippen molar-refractivity contribution in [3.8, 4) is 0 Å². The number of thiophene rings is 1. The normalized spacial score (nSPS) is 11.9. The van der Waals surface area contributed by atoms with Crippen molar-refractivity contribution in [2.24, 2.45) is 11.7 Å². The van der Waals surface area contributed by atoms with Crippen molar-refractivity contribution in [2.75, 3.05) is 12.3 Å². The summed E-state index contributed by atoms with van der Waals surface area (Å²) in [6.45, 7) is 4.76. The number of benzene rings is 1. The van der Waals surface area contributed by atoms with E-state index in [1.807, 2.05) is 17.5 Å². The zero-order valence-corrected chi connectivity index (χ0v) is 21.2. The molecule has 34 heavy (non-hydrogen) atoms. The number of halogens is 1. The molecule has 5 N–H and O–H groups in total. The third kappa shape index (κ3) is 6.13. The molecule has 180 valence electrons. The van der Waals surface area contributed by atoms with Crippen LogP contribution in [-0.4, -0.2) is 33.5 Å². The number of rotatable bonds is 10. The average molecular weight is 520 g/mol. The molecule has 1 atom stereocenters. The van der Waals surface area contributed by atoms with E-state index >= 15 is 0 Å². The van der Waals surface area contributed by atoms with Gasteiger partial charge in [0.2, 0.25) is 5.91 Å². The first-order valence-corrected chi connectivity index (χ1v) is 12.6. The molecule has 3 amide bonds. The highest BCUT2D eigenvalue weighted by molar-refractivity contribution is 7.10. The fourth-order valence-corrected chi connectivity index (χ4v) is 4.90. The van der Waals surface area contributed by atoms with Gasteiger partial charge in [0.1, 0.15) is 10.9 Å². The predicted molar refractivity (Wildman–Crippen MR) is 136 cm³/mol. The van der Waals surface area contributed by atoms with Crippen molar-refractivity contribution in [2.45, 2.75) is 32.9 Å². The molecular formula is C23H26ClN5O3S2. The maximum absolute atomic E-state index is 13.8. The number of amides is 3. The van der Waals surface area contributed by atoms with Crippen molar-refractivity contribution in [1.82, 2.24) is 14.6 Å². The van der Waals surface area contributed by atoms with Gasteiger partial charge in [-0.05, 0) is 53.0 Å². The van der Waals surface area contributed by atoms with Gasteiger partial charge in [-0.3, -0.25) is 14.4 Å². The Balaban J connectivity index is 2.05. The molecule has 2 aromatic heterocycles. The molecule has 0 aliphatic heterocycles. The van der Waals surface area contributed by atoms with Crippen molar-refractivity contribution >= 4 is 57.9 Å². The van der Waals surface area contributed by atoms with Crippen LogP contribution in [0.4, 0.5) is 5.69 Å². The molecule has 0 radical (unpaired) electrons. The zero-order valence-electron chi connectivity index (χ0n) is 18.8. The number of nitrogens with one attached hydrogen (secondary N) is 1. The van der Waals surface area contributed by atoms with Gasteiger partial charge in [0.15, 0.2) is 5.69 Å². The second-order valence-electron chi connectivity index (χ2n) is 8.08. The summed E-state index contributed by atoms with van der Waals surface area (Å²) >= 11 is 8.32. The van der Waals surface area contributed by atoms with E-state index < -0.39 is 17.9 Å². The molecule has 0 bridgehead atoms. The highest BCUT2D eigenvalue weighted by Crippen LogP contribution is 2.31. The number of hydrogen-bond donors (Lipinski definition) is 3. The van der Waals surface area contributed by atoms with Crippen LogP contribution in [0.1, 0.15) is 56.9 Å². The Bertz CT molecular complexity index is 1150. The minimum Gasteiger partial charge on any atom is -0.395 e. The fourth-order valence-electron chi connectivity index (χ4n) is 3.31. The van der Waals surface area contributed by atoms with Crippen molar-refractivity contribution in [3.63, 3.8) is 0 Å². The zero-order chi connectivity index (χ0) is 24.8. The quantitative estimate of drug-likeness (QED) is 0.371. The number of nitrogens with two attached hydrogens (primary N) is 2. The molecule has 0 saturated heterocycles. The SMILES string of the molecule is CC(C)CCNC(=O)[C@@H](c1ccc(Cl)cc1)N(Cc1cccs1)C(=O)c1snc(C(N)=O)c1N. The van der Waals surface area contributed by atoms with E-state index in [0.29, 0.717) is 23.0 Å². The van der Waals surface area contributed by atoms with Gasteiger partial charge in [-0.15, -0.1) is 11.3 Å². The van der Waals surface area contributed by atoms with E-state index in [1.54, 1.807) is 24.3 Å². The number of carbonyl (C=O) groups is 3. The van der Waals surface area contributed by atoms with Gasteiger partial charge >= 0.3 is 0 Å². The maximum atomic E-state index is 13.8. The second-order valence-corrected chi connectivity index (χ2v) is 10.3. The smallest absolute Gasteiger partial charge is 0.270 e. The summed E-state index contributed by atoms with van der Waals surface area (Å²) in [5.74, 6) is -1.26. The van der Waals surface area contributed by atoms with E-state index in [-0.39, 0.29) is 28.7 Å². The molecule has 0 aliphatic rings. The molecule has 8 nitrogen and oxygen atoms in total.